The fraction of sp³-hybridized carbons (Fsp3) is 0.0833. The Morgan fingerprint density at radius 1 is 1.33 bits per heavy atom. The van der Waals surface area contributed by atoms with E-state index in [9.17, 15) is 4.79 Å². The summed E-state index contributed by atoms with van der Waals surface area (Å²) in [5, 5.41) is 2.87. The molecule has 6 heteroatoms. The van der Waals surface area contributed by atoms with Crippen LogP contribution in [0.2, 0.25) is 0 Å². The van der Waals surface area contributed by atoms with Crippen molar-refractivity contribution < 1.29 is 4.79 Å². The second-order valence-electron chi connectivity index (χ2n) is 3.59. The molecule has 2 aromatic heterocycles. The van der Waals surface area contributed by atoms with Crippen LogP contribution >= 0.6 is 0 Å². The van der Waals surface area contributed by atoms with E-state index in [1.54, 1.807) is 30.7 Å². The fourth-order valence-corrected chi connectivity index (χ4v) is 1.59. The summed E-state index contributed by atoms with van der Waals surface area (Å²) < 4.78 is 0. The molecule has 0 aliphatic rings. The summed E-state index contributed by atoms with van der Waals surface area (Å²) in [6.45, 7) is 0. The summed E-state index contributed by atoms with van der Waals surface area (Å²) in [7, 11) is 0. The number of hydrogen-bond donors (Lipinski definition) is 2. The Kier molecular flexibility index (Phi) is 3.70. The molecular weight excluding hydrogens is 230 g/mol. The number of rotatable bonds is 4. The summed E-state index contributed by atoms with van der Waals surface area (Å²) in [6, 6.07) is 7.07. The van der Waals surface area contributed by atoms with Crippen LogP contribution in [0.4, 0.5) is 0 Å². The van der Waals surface area contributed by atoms with E-state index >= 15 is 0 Å². The van der Waals surface area contributed by atoms with Gasteiger partial charge in [-0.25, -0.2) is 5.43 Å². The van der Waals surface area contributed by atoms with E-state index < -0.39 is 5.91 Å². The van der Waals surface area contributed by atoms with Crippen LogP contribution in [-0.4, -0.2) is 15.9 Å². The molecule has 0 aliphatic heterocycles. The molecule has 0 fully saturated rings. The quantitative estimate of drug-likeness (QED) is 0.631. The maximum absolute atomic E-state index is 11.7. The first-order valence-corrected chi connectivity index (χ1v) is 5.31. The van der Waals surface area contributed by atoms with Gasteiger partial charge in [0.15, 0.2) is 0 Å². The third kappa shape index (κ3) is 2.73. The van der Waals surface area contributed by atoms with Gasteiger partial charge in [-0.2, -0.15) is 5.53 Å². The Labute approximate surface area is 104 Å². The van der Waals surface area contributed by atoms with Crippen LogP contribution in [0.25, 0.3) is 0 Å². The Morgan fingerprint density at radius 2 is 2.17 bits per heavy atom. The van der Waals surface area contributed by atoms with Gasteiger partial charge in [-0.1, -0.05) is 11.3 Å². The minimum Gasteiger partial charge on any atom is -0.267 e. The first-order valence-electron chi connectivity index (χ1n) is 5.31. The van der Waals surface area contributed by atoms with Crippen molar-refractivity contribution in [2.24, 2.45) is 5.22 Å². The molecule has 18 heavy (non-hydrogen) atoms. The molecule has 90 valence electrons. The van der Waals surface area contributed by atoms with Gasteiger partial charge < -0.3 is 0 Å². The van der Waals surface area contributed by atoms with Crippen LogP contribution in [0.5, 0.6) is 0 Å². The van der Waals surface area contributed by atoms with Gasteiger partial charge in [0.1, 0.15) is 0 Å². The van der Waals surface area contributed by atoms with Gasteiger partial charge in [-0.3, -0.25) is 14.8 Å². The van der Waals surface area contributed by atoms with Gasteiger partial charge in [0.25, 0.3) is 5.91 Å². The van der Waals surface area contributed by atoms with Gasteiger partial charge in [0.2, 0.25) is 0 Å². The number of nitrogens with zero attached hydrogens (tertiary/aromatic N) is 3. The number of aromatic nitrogens is 2. The molecule has 1 amide bonds. The van der Waals surface area contributed by atoms with Crippen molar-refractivity contribution in [2.45, 2.75) is 6.42 Å². The minimum absolute atomic E-state index is 0.414. The van der Waals surface area contributed by atoms with Gasteiger partial charge in [0.05, 0.1) is 11.3 Å². The normalized spacial score (nSPS) is 9.78. The van der Waals surface area contributed by atoms with E-state index in [4.69, 9.17) is 5.53 Å². The molecule has 0 aliphatic carbocycles. The molecule has 0 unspecified atom stereocenters. The zero-order valence-corrected chi connectivity index (χ0v) is 9.50. The Balaban J connectivity index is 2.28. The van der Waals surface area contributed by atoms with E-state index in [1.165, 1.54) is 0 Å². The smallest absolute Gasteiger partial charge is 0.267 e. The summed E-state index contributed by atoms with van der Waals surface area (Å²) in [6.07, 6.45) is 5.55. The highest BCUT2D eigenvalue weighted by molar-refractivity contribution is 5.94. The van der Waals surface area contributed by atoms with E-state index in [2.05, 4.69) is 20.6 Å². The topological polar surface area (TPSA) is 91.1 Å². The Morgan fingerprint density at radius 3 is 2.89 bits per heavy atom. The number of pyridine rings is 2. The first kappa shape index (κ1) is 11.8. The Bertz CT molecular complexity index is 555. The second-order valence-corrected chi connectivity index (χ2v) is 3.59. The third-order valence-electron chi connectivity index (χ3n) is 2.39. The van der Waals surface area contributed by atoms with Crippen molar-refractivity contribution in [1.82, 2.24) is 15.4 Å². The molecule has 0 aromatic carbocycles. The van der Waals surface area contributed by atoms with Crippen molar-refractivity contribution in [1.29, 1.82) is 5.53 Å². The van der Waals surface area contributed by atoms with E-state index in [-0.39, 0.29) is 0 Å². The van der Waals surface area contributed by atoms with Crippen LogP contribution in [0, 0.1) is 5.53 Å². The second kappa shape index (κ2) is 5.62. The van der Waals surface area contributed by atoms with Gasteiger partial charge in [-0.15, -0.1) is 0 Å². The standard InChI is InChI=1S/C12H11N5O/c13-17-16-12(18)10-4-2-6-15-11(10)7-9-3-1-5-14-8-9/h1-6,8H,7H2,(H2,13,16,18). The molecule has 0 bridgehead atoms. The molecule has 0 radical (unpaired) electrons. The lowest BCUT2D eigenvalue weighted by Crippen LogP contribution is -2.19. The molecule has 2 aromatic rings. The number of hydrogen-bond acceptors (Lipinski definition) is 5. The van der Waals surface area contributed by atoms with Crippen molar-refractivity contribution in [3.63, 3.8) is 0 Å². The average molecular weight is 241 g/mol. The third-order valence-corrected chi connectivity index (χ3v) is 2.39. The molecular formula is C12H11N5O. The zero-order valence-electron chi connectivity index (χ0n) is 9.50. The minimum atomic E-state index is -0.433. The molecule has 6 nitrogen and oxygen atoms in total. The number of nitrogens with one attached hydrogen (secondary N) is 2. The lowest BCUT2D eigenvalue weighted by molar-refractivity contribution is 0.0949. The number of carbonyl (C=O) groups is 1. The maximum atomic E-state index is 11.7. The predicted molar refractivity (Wildman–Crippen MR) is 63.9 cm³/mol. The maximum Gasteiger partial charge on any atom is 0.274 e. The SMILES string of the molecule is N=NNC(=O)c1cccnc1Cc1cccnc1. The molecule has 2 rings (SSSR count). The largest absolute Gasteiger partial charge is 0.274 e. The molecule has 0 saturated carbocycles. The van der Waals surface area contributed by atoms with E-state index in [0.29, 0.717) is 17.7 Å². The van der Waals surface area contributed by atoms with Crippen molar-refractivity contribution >= 4 is 5.91 Å². The summed E-state index contributed by atoms with van der Waals surface area (Å²) in [5.74, 6) is -0.433. The number of amides is 1. The van der Waals surface area contributed by atoms with Crippen molar-refractivity contribution in [2.75, 3.05) is 0 Å². The molecule has 2 heterocycles. The Hall–Kier alpha value is -2.63. The zero-order chi connectivity index (χ0) is 12.8. The molecule has 0 spiro atoms. The molecule has 0 atom stereocenters. The first-order chi connectivity index (χ1) is 8.81. The summed E-state index contributed by atoms with van der Waals surface area (Å²) >= 11 is 0. The monoisotopic (exact) mass is 241 g/mol. The van der Waals surface area contributed by atoms with Crippen LogP contribution in [0.3, 0.4) is 0 Å². The van der Waals surface area contributed by atoms with Crippen LogP contribution in [-0.2, 0) is 6.42 Å². The summed E-state index contributed by atoms with van der Waals surface area (Å²) in [5.41, 5.74) is 10.7. The summed E-state index contributed by atoms with van der Waals surface area (Å²) in [4.78, 5) is 19.9. The molecule has 2 N–H and O–H groups in total. The van der Waals surface area contributed by atoms with Gasteiger partial charge in [0, 0.05) is 25.0 Å². The van der Waals surface area contributed by atoms with E-state index in [1.807, 2.05) is 12.1 Å². The van der Waals surface area contributed by atoms with Crippen LogP contribution in [0.1, 0.15) is 21.6 Å². The number of carbonyl (C=O) groups excluding carboxylic acids is 1. The van der Waals surface area contributed by atoms with Gasteiger partial charge in [-0.05, 0) is 23.8 Å². The van der Waals surface area contributed by atoms with Crippen LogP contribution in [0.15, 0.2) is 48.1 Å². The van der Waals surface area contributed by atoms with Crippen LogP contribution < -0.4 is 5.43 Å². The fourth-order valence-electron chi connectivity index (χ4n) is 1.59. The lowest BCUT2D eigenvalue weighted by atomic mass is 10.1. The van der Waals surface area contributed by atoms with Crippen molar-refractivity contribution in [3.05, 3.63) is 59.7 Å². The highest BCUT2D eigenvalue weighted by atomic mass is 16.2. The lowest BCUT2D eigenvalue weighted by Gasteiger charge is -2.06. The van der Waals surface area contributed by atoms with E-state index in [0.717, 1.165) is 5.56 Å². The van der Waals surface area contributed by atoms with Crippen molar-refractivity contribution in [3.8, 4) is 0 Å². The average Bonchev–Trinajstić information content (AvgIpc) is 2.41. The highest BCUT2D eigenvalue weighted by Crippen LogP contribution is 2.11. The predicted octanol–water partition coefficient (Wildman–Crippen LogP) is 1.74. The molecule has 0 saturated heterocycles. The van der Waals surface area contributed by atoms with Gasteiger partial charge >= 0.3 is 0 Å². The highest BCUT2D eigenvalue weighted by Gasteiger charge is 2.11.